The van der Waals surface area contributed by atoms with Gasteiger partial charge in [-0.1, -0.05) is 29.8 Å². The van der Waals surface area contributed by atoms with Gasteiger partial charge in [-0.2, -0.15) is 5.10 Å². The summed E-state index contributed by atoms with van der Waals surface area (Å²) in [5, 5.41) is 4.64. The smallest absolute Gasteiger partial charge is 0.129 e. The summed E-state index contributed by atoms with van der Waals surface area (Å²) in [6.07, 6.45) is 4.27. The Morgan fingerprint density at radius 2 is 1.95 bits per heavy atom. The number of anilines is 1. The number of ether oxygens (including phenoxy) is 1. The van der Waals surface area contributed by atoms with E-state index in [1.165, 1.54) is 12.0 Å². The highest BCUT2D eigenvalue weighted by Gasteiger charge is 2.38. The minimum absolute atomic E-state index is 0.0414. The van der Waals surface area contributed by atoms with Gasteiger partial charge in [-0.25, -0.2) is 0 Å². The van der Waals surface area contributed by atoms with Crippen molar-refractivity contribution < 1.29 is 4.74 Å². The van der Waals surface area contributed by atoms with Crippen LogP contribution >= 0.6 is 0 Å². The van der Waals surface area contributed by atoms with Gasteiger partial charge in [0.05, 0.1) is 11.3 Å². The molecular formula is C17H23N3O. The summed E-state index contributed by atoms with van der Waals surface area (Å²) < 4.78 is 7.52. The molecule has 0 radical (unpaired) electrons. The van der Waals surface area contributed by atoms with E-state index in [0.29, 0.717) is 0 Å². The van der Waals surface area contributed by atoms with Crippen molar-refractivity contribution in [2.24, 2.45) is 7.05 Å². The Morgan fingerprint density at radius 1 is 1.29 bits per heavy atom. The Balaban J connectivity index is 2.01. The van der Waals surface area contributed by atoms with Crippen LogP contribution in [0.15, 0.2) is 24.3 Å². The number of nitrogen functional groups attached to an aromatic ring is 1. The summed E-state index contributed by atoms with van der Waals surface area (Å²) in [6, 6.07) is 8.46. The molecule has 0 amide bonds. The Kier molecular flexibility index (Phi) is 3.49. The van der Waals surface area contributed by atoms with E-state index in [2.05, 4.69) is 36.3 Å². The Hall–Kier alpha value is -1.81. The monoisotopic (exact) mass is 285 g/mol. The largest absolute Gasteiger partial charge is 0.383 e. The summed E-state index contributed by atoms with van der Waals surface area (Å²) in [5.41, 5.74) is 10.7. The number of aromatic nitrogens is 2. The third kappa shape index (κ3) is 2.44. The van der Waals surface area contributed by atoms with Gasteiger partial charge < -0.3 is 10.5 Å². The van der Waals surface area contributed by atoms with Crippen molar-refractivity contribution in [1.29, 1.82) is 0 Å². The third-order valence-corrected chi connectivity index (χ3v) is 4.69. The molecule has 4 nitrogen and oxygen atoms in total. The van der Waals surface area contributed by atoms with E-state index in [1.54, 1.807) is 11.8 Å². The maximum Gasteiger partial charge on any atom is 0.129 e. The van der Waals surface area contributed by atoms with Gasteiger partial charge in [-0.15, -0.1) is 0 Å². The summed E-state index contributed by atoms with van der Waals surface area (Å²) in [5.74, 6) is 0.722. The number of aryl methyl sites for hydroxylation is 2. The van der Waals surface area contributed by atoms with Gasteiger partial charge in [-0.3, -0.25) is 4.68 Å². The lowest BCUT2D eigenvalue weighted by molar-refractivity contribution is -0.0714. The van der Waals surface area contributed by atoms with E-state index < -0.39 is 0 Å². The van der Waals surface area contributed by atoms with Crippen LogP contribution in [-0.2, 0) is 18.2 Å². The highest BCUT2D eigenvalue weighted by Crippen LogP contribution is 2.40. The van der Waals surface area contributed by atoms with Gasteiger partial charge in [0, 0.05) is 26.1 Å². The zero-order chi connectivity index (χ0) is 15.0. The first kappa shape index (κ1) is 14.1. The van der Waals surface area contributed by atoms with Crippen molar-refractivity contribution in [1.82, 2.24) is 9.78 Å². The van der Waals surface area contributed by atoms with E-state index in [9.17, 15) is 0 Å². The van der Waals surface area contributed by atoms with Gasteiger partial charge in [0.15, 0.2) is 0 Å². The molecule has 4 heteroatoms. The Morgan fingerprint density at radius 3 is 2.48 bits per heavy atom. The number of nitrogens with zero attached hydrogens (tertiary/aromatic N) is 2. The number of methoxy groups -OCH3 is 1. The minimum atomic E-state index is -0.0414. The molecule has 0 unspecified atom stereocenters. The maximum atomic E-state index is 6.25. The number of rotatable bonds is 4. The summed E-state index contributed by atoms with van der Waals surface area (Å²) in [4.78, 5) is 0. The summed E-state index contributed by atoms with van der Waals surface area (Å²) in [6.45, 7) is 2.09. The molecule has 2 aromatic rings. The van der Waals surface area contributed by atoms with E-state index in [0.717, 1.165) is 41.9 Å². The van der Waals surface area contributed by atoms with Crippen molar-refractivity contribution in [2.75, 3.05) is 12.8 Å². The summed E-state index contributed by atoms with van der Waals surface area (Å²) in [7, 11) is 3.70. The molecule has 1 saturated carbocycles. The minimum Gasteiger partial charge on any atom is -0.383 e. The van der Waals surface area contributed by atoms with Crippen LogP contribution in [0.3, 0.4) is 0 Å². The molecule has 0 bridgehead atoms. The number of benzene rings is 1. The first-order valence-electron chi connectivity index (χ1n) is 7.48. The fourth-order valence-corrected chi connectivity index (χ4v) is 3.08. The van der Waals surface area contributed by atoms with Crippen molar-refractivity contribution in [3.63, 3.8) is 0 Å². The SMILES string of the molecule is COC1(Cc2nn(C)c(N)c2-c2ccc(C)cc2)CCC1. The van der Waals surface area contributed by atoms with Crippen molar-refractivity contribution in [3.05, 3.63) is 35.5 Å². The summed E-state index contributed by atoms with van der Waals surface area (Å²) >= 11 is 0. The van der Waals surface area contributed by atoms with Crippen LogP contribution in [0.25, 0.3) is 11.1 Å². The molecule has 1 aliphatic rings. The highest BCUT2D eigenvalue weighted by atomic mass is 16.5. The standard InChI is InChI=1S/C17H23N3O/c1-12-5-7-13(8-6-12)15-14(19-20(2)16(15)18)11-17(21-3)9-4-10-17/h5-8H,4,9-11,18H2,1-3H3. The predicted molar refractivity (Wildman–Crippen MR) is 85.1 cm³/mol. The zero-order valence-corrected chi connectivity index (χ0v) is 13.0. The van der Waals surface area contributed by atoms with Crippen LogP contribution in [-0.4, -0.2) is 22.5 Å². The van der Waals surface area contributed by atoms with E-state index >= 15 is 0 Å². The molecule has 0 atom stereocenters. The highest BCUT2D eigenvalue weighted by molar-refractivity contribution is 5.77. The Bertz CT molecular complexity index is 633. The lowest BCUT2D eigenvalue weighted by Crippen LogP contribution is -2.41. The molecular weight excluding hydrogens is 262 g/mol. The van der Waals surface area contributed by atoms with Crippen molar-refractivity contribution in [2.45, 2.75) is 38.2 Å². The fraction of sp³-hybridized carbons (Fsp3) is 0.471. The molecule has 2 N–H and O–H groups in total. The fourth-order valence-electron chi connectivity index (χ4n) is 3.08. The molecule has 3 rings (SSSR count). The third-order valence-electron chi connectivity index (χ3n) is 4.69. The average molecular weight is 285 g/mol. The lowest BCUT2D eigenvalue weighted by atomic mass is 9.76. The molecule has 0 aliphatic heterocycles. The number of nitrogens with two attached hydrogens (primary N) is 1. The predicted octanol–water partition coefficient (Wildman–Crippen LogP) is 3.09. The molecule has 112 valence electrons. The van der Waals surface area contributed by atoms with E-state index in [-0.39, 0.29) is 5.60 Å². The van der Waals surface area contributed by atoms with Crippen LogP contribution in [0.1, 0.15) is 30.5 Å². The van der Waals surface area contributed by atoms with Gasteiger partial charge in [0.25, 0.3) is 0 Å². The van der Waals surface area contributed by atoms with E-state index in [1.807, 2.05) is 7.05 Å². The van der Waals surface area contributed by atoms with Crippen LogP contribution in [0.2, 0.25) is 0 Å². The molecule has 1 aromatic carbocycles. The molecule has 21 heavy (non-hydrogen) atoms. The zero-order valence-electron chi connectivity index (χ0n) is 13.0. The van der Waals surface area contributed by atoms with Crippen LogP contribution in [0, 0.1) is 6.92 Å². The second-order valence-electron chi connectivity index (χ2n) is 6.11. The molecule has 1 heterocycles. The van der Waals surface area contributed by atoms with Crippen LogP contribution < -0.4 is 5.73 Å². The lowest BCUT2D eigenvalue weighted by Gasteiger charge is -2.40. The van der Waals surface area contributed by atoms with Crippen LogP contribution in [0.5, 0.6) is 0 Å². The van der Waals surface area contributed by atoms with Gasteiger partial charge in [-0.05, 0) is 31.7 Å². The maximum absolute atomic E-state index is 6.25. The molecule has 1 aliphatic carbocycles. The van der Waals surface area contributed by atoms with Crippen molar-refractivity contribution in [3.8, 4) is 11.1 Å². The van der Waals surface area contributed by atoms with Crippen molar-refractivity contribution >= 4 is 5.82 Å². The topological polar surface area (TPSA) is 53.1 Å². The molecule has 0 spiro atoms. The number of hydrogen-bond acceptors (Lipinski definition) is 3. The average Bonchev–Trinajstić information content (AvgIpc) is 2.71. The second kappa shape index (κ2) is 5.19. The first-order valence-corrected chi connectivity index (χ1v) is 7.48. The van der Waals surface area contributed by atoms with E-state index in [4.69, 9.17) is 10.5 Å². The quantitative estimate of drug-likeness (QED) is 0.939. The number of hydrogen-bond donors (Lipinski definition) is 1. The first-order chi connectivity index (χ1) is 10.0. The van der Waals surface area contributed by atoms with Gasteiger partial charge in [0.1, 0.15) is 5.82 Å². The van der Waals surface area contributed by atoms with Gasteiger partial charge >= 0.3 is 0 Å². The van der Waals surface area contributed by atoms with Gasteiger partial charge in [0.2, 0.25) is 0 Å². The second-order valence-corrected chi connectivity index (χ2v) is 6.11. The normalized spacial score (nSPS) is 16.7. The molecule has 0 saturated heterocycles. The molecule has 1 aromatic heterocycles. The van der Waals surface area contributed by atoms with Crippen LogP contribution in [0.4, 0.5) is 5.82 Å². The molecule has 1 fully saturated rings. The Labute approximate surface area is 125 Å².